The van der Waals surface area contributed by atoms with Crippen LogP contribution in [-0.4, -0.2) is 39.3 Å². The van der Waals surface area contributed by atoms with Gasteiger partial charge < -0.3 is 10.1 Å². The number of carbonyl (C=O) groups excluding carboxylic acids is 1. The lowest BCUT2D eigenvalue weighted by Crippen LogP contribution is -2.28. The maximum absolute atomic E-state index is 12.0. The smallest absolute Gasteiger partial charge is 0.258 e. The molecule has 24 heavy (non-hydrogen) atoms. The van der Waals surface area contributed by atoms with Crippen molar-refractivity contribution in [2.75, 3.05) is 20.7 Å². The van der Waals surface area contributed by atoms with Crippen molar-refractivity contribution in [1.82, 2.24) is 9.62 Å². The van der Waals surface area contributed by atoms with Gasteiger partial charge in [-0.1, -0.05) is 12.1 Å². The summed E-state index contributed by atoms with van der Waals surface area (Å²) in [4.78, 5) is 12.6. The molecule has 0 aliphatic heterocycles. The fourth-order valence-electron chi connectivity index (χ4n) is 1.86. The molecule has 0 saturated carbocycles. The molecule has 0 saturated heterocycles. The van der Waals surface area contributed by atoms with E-state index in [1.54, 1.807) is 18.2 Å². The summed E-state index contributed by atoms with van der Waals surface area (Å²) in [6.45, 7) is 2.13. The molecule has 6 nitrogen and oxygen atoms in total. The first-order valence-electron chi connectivity index (χ1n) is 7.26. The lowest BCUT2D eigenvalue weighted by Gasteiger charge is -2.08. The van der Waals surface area contributed by atoms with E-state index in [1.807, 2.05) is 25.1 Å². The van der Waals surface area contributed by atoms with Crippen molar-refractivity contribution < 1.29 is 17.9 Å². The largest absolute Gasteiger partial charge is 0.484 e. The van der Waals surface area contributed by atoms with Crippen molar-refractivity contribution in [3.8, 4) is 5.75 Å². The Hall–Kier alpha value is -1.90. The molecule has 1 aromatic heterocycles. The van der Waals surface area contributed by atoms with Gasteiger partial charge in [0.1, 0.15) is 9.96 Å². The third kappa shape index (κ3) is 4.80. The van der Waals surface area contributed by atoms with E-state index in [0.29, 0.717) is 5.75 Å². The maximum atomic E-state index is 12.0. The highest BCUT2D eigenvalue weighted by Gasteiger charge is 2.19. The number of rotatable bonds is 7. The Labute approximate surface area is 146 Å². The van der Waals surface area contributed by atoms with E-state index in [4.69, 9.17) is 4.74 Å². The van der Waals surface area contributed by atoms with Crippen molar-refractivity contribution >= 4 is 27.3 Å². The van der Waals surface area contributed by atoms with Crippen LogP contribution in [0.15, 0.2) is 40.6 Å². The number of carbonyl (C=O) groups is 1. The van der Waals surface area contributed by atoms with Crippen LogP contribution >= 0.6 is 11.3 Å². The van der Waals surface area contributed by atoms with Crippen LogP contribution < -0.4 is 10.1 Å². The number of hydrogen-bond donors (Lipinski definition) is 1. The van der Waals surface area contributed by atoms with Crippen LogP contribution in [0, 0.1) is 6.92 Å². The summed E-state index contributed by atoms with van der Waals surface area (Å²) in [5.41, 5.74) is 1.06. The molecule has 0 radical (unpaired) electrons. The quantitative estimate of drug-likeness (QED) is 0.811. The minimum Gasteiger partial charge on any atom is -0.484 e. The Morgan fingerprint density at radius 3 is 2.67 bits per heavy atom. The molecule has 0 spiro atoms. The highest BCUT2D eigenvalue weighted by atomic mass is 32.2. The SMILES string of the molecule is Cc1cccc(OCC(=O)NCc2ccc(S(=O)(=O)N(C)C)s2)c1. The Balaban J connectivity index is 1.85. The molecule has 0 aliphatic carbocycles. The molecule has 2 aromatic rings. The van der Waals surface area contributed by atoms with E-state index in [2.05, 4.69) is 5.32 Å². The molecule has 1 N–H and O–H groups in total. The van der Waals surface area contributed by atoms with Crippen molar-refractivity contribution in [3.63, 3.8) is 0 Å². The minimum absolute atomic E-state index is 0.0856. The standard InChI is InChI=1S/C16H20N2O4S2/c1-12-5-4-6-13(9-12)22-11-15(19)17-10-14-7-8-16(23-14)24(20,21)18(2)3/h4-9H,10-11H2,1-3H3,(H,17,19). The normalized spacial score (nSPS) is 11.5. The summed E-state index contributed by atoms with van der Waals surface area (Å²) in [6, 6.07) is 10.7. The highest BCUT2D eigenvalue weighted by molar-refractivity contribution is 7.91. The number of aryl methyl sites for hydroxylation is 1. The Morgan fingerprint density at radius 2 is 2.00 bits per heavy atom. The fourth-order valence-corrected chi connectivity index (χ4v) is 4.33. The third-order valence-corrected chi connectivity index (χ3v) is 6.56. The Bertz CT molecular complexity index is 813. The summed E-state index contributed by atoms with van der Waals surface area (Å²) >= 11 is 1.14. The second kappa shape index (κ2) is 7.78. The average Bonchev–Trinajstić information content (AvgIpc) is 3.00. The molecule has 1 aromatic carbocycles. The first kappa shape index (κ1) is 18.4. The van der Waals surface area contributed by atoms with Gasteiger partial charge in [-0.15, -0.1) is 11.3 Å². The van der Waals surface area contributed by atoms with Crippen LogP contribution in [0.3, 0.4) is 0 Å². The number of nitrogens with one attached hydrogen (secondary N) is 1. The van der Waals surface area contributed by atoms with E-state index >= 15 is 0 Å². The average molecular weight is 368 g/mol. The number of thiophene rings is 1. The third-order valence-electron chi connectivity index (χ3n) is 3.19. The lowest BCUT2D eigenvalue weighted by atomic mass is 10.2. The van der Waals surface area contributed by atoms with Crippen LogP contribution in [-0.2, 0) is 21.4 Å². The van der Waals surface area contributed by atoms with Gasteiger partial charge >= 0.3 is 0 Å². The van der Waals surface area contributed by atoms with Gasteiger partial charge in [-0.3, -0.25) is 4.79 Å². The molecule has 0 aliphatic rings. The number of amides is 1. The summed E-state index contributed by atoms with van der Waals surface area (Å²) in [5, 5.41) is 2.72. The van der Waals surface area contributed by atoms with E-state index in [9.17, 15) is 13.2 Å². The molecule has 0 bridgehead atoms. The molecule has 130 valence electrons. The minimum atomic E-state index is -3.43. The zero-order valence-corrected chi connectivity index (χ0v) is 15.4. The molecule has 8 heteroatoms. The van der Waals surface area contributed by atoms with Crippen molar-refractivity contribution in [1.29, 1.82) is 0 Å². The van der Waals surface area contributed by atoms with Gasteiger partial charge in [0.25, 0.3) is 15.9 Å². The fraction of sp³-hybridized carbons (Fsp3) is 0.312. The van der Waals surface area contributed by atoms with Crippen LogP contribution in [0.4, 0.5) is 0 Å². The molecule has 1 heterocycles. The summed E-state index contributed by atoms with van der Waals surface area (Å²) in [7, 11) is -0.460. The number of hydrogen-bond acceptors (Lipinski definition) is 5. The van der Waals surface area contributed by atoms with Gasteiger partial charge in [-0.2, -0.15) is 0 Å². The first-order chi connectivity index (χ1) is 11.3. The second-order valence-electron chi connectivity index (χ2n) is 5.39. The highest BCUT2D eigenvalue weighted by Crippen LogP contribution is 2.23. The van der Waals surface area contributed by atoms with Crippen molar-refractivity contribution in [2.45, 2.75) is 17.7 Å². The van der Waals surface area contributed by atoms with Crippen molar-refractivity contribution in [3.05, 3.63) is 46.8 Å². The molecular weight excluding hydrogens is 348 g/mol. The van der Waals surface area contributed by atoms with E-state index in [-0.39, 0.29) is 23.3 Å². The number of ether oxygens (including phenoxy) is 1. The number of benzene rings is 1. The topological polar surface area (TPSA) is 75.7 Å². The van der Waals surface area contributed by atoms with Crippen LogP contribution in [0.5, 0.6) is 5.75 Å². The van der Waals surface area contributed by atoms with E-state index in [1.165, 1.54) is 14.1 Å². The zero-order valence-electron chi connectivity index (χ0n) is 13.8. The van der Waals surface area contributed by atoms with Gasteiger partial charge in [0, 0.05) is 19.0 Å². The van der Waals surface area contributed by atoms with Crippen molar-refractivity contribution in [2.24, 2.45) is 0 Å². The van der Waals surface area contributed by atoms with Gasteiger partial charge in [0.05, 0.1) is 6.54 Å². The van der Waals surface area contributed by atoms with Crippen LogP contribution in [0.2, 0.25) is 0 Å². The molecule has 2 rings (SSSR count). The predicted molar refractivity (Wildman–Crippen MR) is 93.7 cm³/mol. The first-order valence-corrected chi connectivity index (χ1v) is 9.52. The summed E-state index contributed by atoms with van der Waals surface area (Å²) < 4.78 is 30.8. The van der Waals surface area contributed by atoms with Gasteiger partial charge in [-0.25, -0.2) is 12.7 Å². The van der Waals surface area contributed by atoms with Crippen LogP contribution in [0.25, 0.3) is 0 Å². The van der Waals surface area contributed by atoms with Gasteiger partial charge in [0.2, 0.25) is 0 Å². The summed E-state index contributed by atoms with van der Waals surface area (Å²) in [5.74, 6) is 0.377. The van der Waals surface area contributed by atoms with Crippen LogP contribution in [0.1, 0.15) is 10.4 Å². The maximum Gasteiger partial charge on any atom is 0.258 e. The molecule has 0 unspecified atom stereocenters. The summed E-state index contributed by atoms with van der Waals surface area (Å²) in [6.07, 6.45) is 0. The Morgan fingerprint density at radius 1 is 1.25 bits per heavy atom. The zero-order chi connectivity index (χ0) is 17.7. The second-order valence-corrected chi connectivity index (χ2v) is 8.94. The molecule has 0 fully saturated rings. The predicted octanol–water partition coefficient (Wildman–Crippen LogP) is 2.00. The lowest BCUT2D eigenvalue weighted by molar-refractivity contribution is -0.123. The molecular formula is C16H20N2O4S2. The van der Waals surface area contributed by atoms with Gasteiger partial charge in [-0.05, 0) is 36.8 Å². The van der Waals surface area contributed by atoms with Gasteiger partial charge in [0.15, 0.2) is 6.61 Å². The molecule has 0 atom stereocenters. The molecule has 1 amide bonds. The van der Waals surface area contributed by atoms with E-state index < -0.39 is 10.0 Å². The monoisotopic (exact) mass is 368 g/mol. The van der Waals surface area contributed by atoms with E-state index in [0.717, 1.165) is 26.1 Å². The number of nitrogens with zero attached hydrogens (tertiary/aromatic N) is 1. The Kier molecular flexibility index (Phi) is 5.98. The number of sulfonamides is 1.